The largest absolute Gasteiger partial charge is 0.493 e. The minimum absolute atomic E-state index is 0.189. The van der Waals surface area contributed by atoms with Crippen LogP contribution in [0.1, 0.15) is 5.56 Å². The van der Waals surface area contributed by atoms with E-state index in [0.29, 0.717) is 22.9 Å². The highest BCUT2D eigenvalue weighted by Crippen LogP contribution is 2.41. The molecule has 1 amide bonds. The van der Waals surface area contributed by atoms with Gasteiger partial charge in [0.1, 0.15) is 18.9 Å². The maximum atomic E-state index is 13.6. The van der Waals surface area contributed by atoms with E-state index in [0.717, 1.165) is 22.7 Å². The Hall–Kier alpha value is -4.54. The average molecular weight is 479 g/mol. The van der Waals surface area contributed by atoms with Crippen molar-refractivity contribution in [1.82, 2.24) is 14.3 Å². The summed E-state index contributed by atoms with van der Waals surface area (Å²) < 4.78 is 19.6. The molecule has 11 heteroatoms. The summed E-state index contributed by atoms with van der Waals surface area (Å²) in [6, 6.07) is 11.3. The number of carbonyl (C=O) groups is 1. The van der Waals surface area contributed by atoms with Crippen LogP contribution < -0.4 is 19.1 Å². The predicted molar refractivity (Wildman–Crippen MR) is 129 cm³/mol. The second-order valence-electron chi connectivity index (χ2n) is 7.80. The number of nitrogens with zero attached hydrogens (tertiary/aromatic N) is 5. The number of amides is 1. The highest BCUT2D eigenvalue weighted by molar-refractivity contribution is 5.95. The highest BCUT2D eigenvalue weighted by Gasteiger charge is 2.24. The van der Waals surface area contributed by atoms with Gasteiger partial charge in [0.15, 0.2) is 11.5 Å². The first-order valence-corrected chi connectivity index (χ1v) is 10.7. The van der Waals surface area contributed by atoms with E-state index < -0.39 is 4.92 Å². The van der Waals surface area contributed by atoms with E-state index in [4.69, 9.17) is 14.2 Å². The maximum Gasteiger partial charge on any atom is 0.307 e. The molecule has 2 aromatic heterocycles. The number of aryl methyl sites for hydroxylation is 1. The average Bonchev–Trinajstić information content (AvgIpc) is 3.46. The van der Waals surface area contributed by atoms with Gasteiger partial charge < -0.3 is 23.7 Å². The monoisotopic (exact) mass is 479 g/mol. The van der Waals surface area contributed by atoms with E-state index in [-0.39, 0.29) is 24.7 Å². The number of ether oxygens (including phenoxy) is 3. The molecule has 0 bridgehead atoms. The Morgan fingerprint density at radius 3 is 2.37 bits per heavy atom. The Labute approximate surface area is 201 Å². The van der Waals surface area contributed by atoms with Crippen LogP contribution >= 0.6 is 0 Å². The van der Waals surface area contributed by atoms with Crippen LogP contribution in [0.5, 0.6) is 17.2 Å². The van der Waals surface area contributed by atoms with Crippen molar-refractivity contribution < 1.29 is 23.9 Å². The third-order valence-corrected chi connectivity index (χ3v) is 5.70. The summed E-state index contributed by atoms with van der Waals surface area (Å²) in [4.78, 5) is 25.6. The van der Waals surface area contributed by atoms with Crippen molar-refractivity contribution in [1.29, 1.82) is 0 Å². The van der Waals surface area contributed by atoms with Crippen LogP contribution in [0.25, 0.3) is 10.9 Å². The standard InChI is InChI=1S/C24H25N5O6/c1-26-12-16(19-7-5-6-8-20(19)26)13-28(23(30)15-27-14-18(11-25-27)29(31)32)17-9-21(33-2)24(35-4)22(10-17)34-3/h5-12,14H,13,15H2,1-4H3. The molecule has 0 saturated heterocycles. The minimum atomic E-state index is -0.555. The van der Waals surface area contributed by atoms with Crippen molar-refractivity contribution in [3.8, 4) is 17.2 Å². The lowest BCUT2D eigenvalue weighted by atomic mass is 10.1. The number of nitro groups is 1. The quantitative estimate of drug-likeness (QED) is 0.266. The molecule has 0 unspecified atom stereocenters. The third kappa shape index (κ3) is 4.60. The van der Waals surface area contributed by atoms with Gasteiger partial charge in [-0.25, -0.2) is 0 Å². The molecule has 0 N–H and O–H groups in total. The fraction of sp³-hybridized carbons (Fsp3) is 0.250. The van der Waals surface area contributed by atoms with Crippen LogP contribution in [0, 0.1) is 10.1 Å². The number of para-hydroxylation sites is 1. The molecule has 0 spiro atoms. The summed E-state index contributed by atoms with van der Waals surface area (Å²) in [7, 11) is 6.45. The fourth-order valence-corrected chi connectivity index (χ4v) is 4.03. The first-order valence-electron chi connectivity index (χ1n) is 10.7. The van der Waals surface area contributed by atoms with Crippen molar-refractivity contribution in [3.63, 3.8) is 0 Å². The lowest BCUT2D eigenvalue weighted by molar-refractivity contribution is -0.385. The van der Waals surface area contributed by atoms with Gasteiger partial charge in [-0.1, -0.05) is 18.2 Å². The molecule has 4 aromatic rings. The number of anilines is 1. The van der Waals surface area contributed by atoms with Gasteiger partial charge in [0, 0.05) is 36.3 Å². The lowest BCUT2D eigenvalue weighted by Crippen LogP contribution is -2.33. The zero-order valence-corrected chi connectivity index (χ0v) is 19.8. The van der Waals surface area contributed by atoms with E-state index >= 15 is 0 Å². The molecular formula is C24H25N5O6. The van der Waals surface area contributed by atoms with E-state index in [2.05, 4.69) is 5.10 Å². The smallest absolute Gasteiger partial charge is 0.307 e. The van der Waals surface area contributed by atoms with E-state index in [1.54, 1.807) is 17.0 Å². The van der Waals surface area contributed by atoms with Crippen LogP contribution in [0.2, 0.25) is 0 Å². The molecule has 0 atom stereocenters. The van der Waals surface area contributed by atoms with Gasteiger partial charge in [0.25, 0.3) is 0 Å². The summed E-state index contributed by atoms with van der Waals surface area (Å²) in [5.41, 5.74) is 2.28. The molecular weight excluding hydrogens is 454 g/mol. The van der Waals surface area contributed by atoms with Gasteiger partial charge >= 0.3 is 5.69 Å². The van der Waals surface area contributed by atoms with Crippen molar-refractivity contribution in [3.05, 3.63) is 70.7 Å². The topological polar surface area (TPSA) is 114 Å². The van der Waals surface area contributed by atoms with Gasteiger partial charge in [-0.3, -0.25) is 19.6 Å². The molecule has 2 aromatic carbocycles. The van der Waals surface area contributed by atoms with Crippen LogP contribution in [-0.2, 0) is 24.9 Å². The second kappa shape index (κ2) is 9.75. The van der Waals surface area contributed by atoms with Gasteiger partial charge in [0.2, 0.25) is 11.7 Å². The van der Waals surface area contributed by atoms with E-state index in [1.807, 2.05) is 42.1 Å². The molecule has 0 saturated carbocycles. The van der Waals surface area contributed by atoms with Crippen LogP contribution in [-0.4, -0.2) is 46.5 Å². The summed E-state index contributed by atoms with van der Waals surface area (Å²) in [5, 5.41) is 16.0. The Balaban J connectivity index is 1.78. The number of carbonyl (C=O) groups excluding carboxylic acids is 1. The predicted octanol–water partition coefficient (Wildman–Crippen LogP) is 3.54. The molecule has 182 valence electrons. The molecule has 0 radical (unpaired) electrons. The lowest BCUT2D eigenvalue weighted by Gasteiger charge is -2.25. The molecule has 2 heterocycles. The highest BCUT2D eigenvalue weighted by atomic mass is 16.6. The van der Waals surface area contributed by atoms with Crippen LogP contribution in [0.15, 0.2) is 55.0 Å². The Morgan fingerprint density at radius 1 is 1.09 bits per heavy atom. The van der Waals surface area contributed by atoms with Crippen LogP contribution in [0.3, 0.4) is 0 Å². The minimum Gasteiger partial charge on any atom is -0.493 e. The van der Waals surface area contributed by atoms with Crippen molar-refractivity contribution >= 4 is 28.2 Å². The molecule has 0 aliphatic carbocycles. The van der Waals surface area contributed by atoms with Gasteiger partial charge in [-0.15, -0.1) is 0 Å². The van der Waals surface area contributed by atoms with E-state index in [9.17, 15) is 14.9 Å². The Bertz CT molecular complexity index is 1370. The summed E-state index contributed by atoms with van der Waals surface area (Å²) in [5.74, 6) is 0.865. The summed E-state index contributed by atoms with van der Waals surface area (Å²) in [6.07, 6.45) is 4.31. The Kier molecular flexibility index (Phi) is 6.58. The number of methoxy groups -OCH3 is 3. The van der Waals surface area contributed by atoms with Crippen LogP contribution in [0.4, 0.5) is 11.4 Å². The SMILES string of the molecule is COc1cc(N(Cc2cn(C)c3ccccc23)C(=O)Cn2cc([N+](=O)[O-])cn2)cc(OC)c1OC. The van der Waals surface area contributed by atoms with Gasteiger partial charge in [-0.2, -0.15) is 5.10 Å². The first-order chi connectivity index (χ1) is 16.9. The fourth-order valence-electron chi connectivity index (χ4n) is 4.03. The molecule has 11 nitrogen and oxygen atoms in total. The second-order valence-corrected chi connectivity index (χ2v) is 7.80. The maximum absolute atomic E-state index is 13.6. The number of benzene rings is 2. The van der Waals surface area contributed by atoms with E-state index in [1.165, 1.54) is 32.2 Å². The number of aromatic nitrogens is 3. The number of fused-ring (bicyclic) bond motifs is 1. The normalized spacial score (nSPS) is 10.9. The zero-order chi connectivity index (χ0) is 25.1. The molecule has 0 aliphatic rings. The third-order valence-electron chi connectivity index (χ3n) is 5.70. The first kappa shape index (κ1) is 23.6. The van der Waals surface area contributed by atoms with Crippen molar-refractivity contribution in [2.24, 2.45) is 7.05 Å². The summed E-state index contributed by atoms with van der Waals surface area (Å²) in [6.45, 7) is 0.0391. The van der Waals surface area contributed by atoms with Gasteiger partial charge in [-0.05, 0) is 11.6 Å². The molecule has 0 aliphatic heterocycles. The Morgan fingerprint density at radius 2 is 1.77 bits per heavy atom. The number of rotatable bonds is 9. The molecule has 35 heavy (non-hydrogen) atoms. The molecule has 4 rings (SSSR count). The number of hydrogen-bond acceptors (Lipinski definition) is 7. The number of hydrogen-bond donors (Lipinski definition) is 0. The summed E-state index contributed by atoms with van der Waals surface area (Å²) >= 11 is 0. The molecule has 0 fully saturated rings. The van der Waals surface area contributed by atoms with Gasteiger partial charge in [0.05, 0.1) is 38.5 Å². The van der Waals surface area contributed by atoms with Crippen molar-refractivity contribution in [2.45, 2.75) is 13.1 Å². The zero-order valence-electron chi connectivity index (χ0n) is 19.8. The van der Waals surface area contributed by atoms with Crippen molar-refractivity contribution in [2.75, 3.05) is 26.2 Å².